The summed E-state index contributed by atoms with van der Waals surface area (Å²) in [6, 6.07) is 6.76. The van der Waals surface area contributed by atoms with Gasteiger partial charge in [-0.2, -0.15) is 0 Å². The highest BCUT2D eigenvalue weighted by Crippen LogP contribution is 2.32. The van der Waals surface area contributed by atoms with Gasteiger partial charge in [0.05, 0.1) is 0 Å². The zero-order valence-electron chi connectivity index (χ0n) is 12.2. The molecule has 1 aromatic rings. The Balaban J connectivity index is 2.02. The summed E-state index contributed by atoms with van der Waals surface area (Å²) in [5.41, 5.74) is 2.42. The van der Waals surface area contributed by atoms with Crippen LogP contribution in [0, 0.1) is 5.92 Å². The molecule has 0 heterocycles. The van der Waals surface area contributed by atoms with Crippen LogP contribution in [0.2, 0.25) is 5.02 Å². The van der Waals surface area contributed by atoms with Gasteiger partial charge in [-0.15, -0.1) is 0 Å². The number of hydrogen-bond donors (Lipinski definition) is 1. The molecule has 2 rings (SSSR count). The molecule has 1 aromatic carbocycles. The molecule has 0 spiro atoms. The number of halogens is 1. The Hall–Kier alpha value is -0.730. The van der Waals surface area contributed by atoms with Gasteiger partial charge in [-0.1, -0.05) is 24.6 Å². The molecule has 1 aliphatic rings. The van der Waals surface area contributed by atoms with Crippen molar-refractivity contribution >= 4 is 17.3 Å². The quantitative estimate of drug-likeness (QED) is 0.803. The number of rotatable bonds is 7. The summed E-state index contributed by atoms with van der Waals surface area (Å²) in [6.07, 6.45) is 3.91. The molecule has 19 heavy (non-hydrogen) atoms. The van der Waals surface area contributed by atoms with Gasteiger partial charge in [0, 0.05) is 30.3 Å². The lowest BCUT2D eigenvalue weighted by Crippen LogP contribution is -2.21. The van der Waals surface area contributed by atoms with E-state index in [4.69, 9.17) is 11.6 Å². The van der Waals surface area contributed by atoms with Crippen molar-refractivity contribution in [1.29, 1.82) is 0 Å². The van der Waals surface area contributed by atoms with Gasteiger partial charge in [-0.05, 0) is 56.3 Å². The van der Waals surface area contributed by atoms with Crippen LogP contribution in [0.5, 0.6) is 0 Å². The second kappa shape index (κ2) is 6.62. The molecule has 1 atom stereocenters. The van der Waals surface area contributed by atoms with Crippen molar-refractivity contribution in [2.24, 2.45) is 5.92 Å². The van der Waals surface area contributed by atoms with Gasteiger partial charge in [0.1, 0.15) is 0 Å². The maximum absolute atomic E-state index is 6.43. The first kappa shape index (κ1) is 14.7. The average molecular weight is 281 g/mol. The highest BCUT2D eigenvalue weighted by molar-refractivity contribution is 6.31. The molecule has 106 valence electrons. The minimum atomic E-state index is 0.315. The van der Waals surface area contributed by atoms with E-state index in [1.165, 1.54) is 24.1 Å². The van der Waals surface area contributed by atoms with E-state index in [0.29, 0.717) is 6.04 Å². The van der Waals surface area contributed by atoms with Gasteiger partial charge in [-0.25, -0.2) is 0 Å². The molecule has 1 saturated carbocycles. The number of benzene rings is 1. The fraction of sp³-hybridized carbons (Fsp3) is 0.625. The van der Waals surface area contributed by atoms with Gasteiger partial charge in [0.2, 0.25) is 0 Å². The number of anilines is 1. The number of hydrogen-bond acceptors (Lipinski definition) is 2. The molecule has 0 aromatic heterocycles. The lowest BCUT2D eigenvalue weighted by Gasteiger charge is -2.21. The summed E-state index contributed by atoms with van der Waals surface area (Å²) in [4.78, 5) is 2.32. The van der Waals surface area contributed by atoms with Crippen molar-refractivity contribution in [3.05, 3.63) is 28.8 Å². The van der Waals surface area contributed by atoms with E-state index in [9.17, 15) is 0 Å². The second-order valence-corrected chi connectivity index (χ2v) is 6.11. The van der Waals surface area contributed by atoms with Crippen LogP contribution in [-0.4, -0.2) is 20.1 Å². The summed E-state index contributed by atoms with van der Waals surface area (Å²) in [5.74, 6) is 0.897. The summed E-state index contributed by atoms with van der Waals surface area (Å²) >= 11 is 6.43. The Bertz CT molecular complexity index is 415. The predicted molar refractivity (Wildman–Crippen MR) is 84.2 cm³/mol. The van der Waals surface area contributed by atoms with Crippen LogP contribution in [-0.2, 0) is 0 Å². The Morgan fingerprint density at radius 2 is 2.16 bits per heavy atom. The summed E-state index contributed by atoms with van der Waals surface area (Å²) in [5, 5.41) is 4.35. The van der Waals surface area contributed by atoms with Gasteiger partial charge in [0.15, 0.2) is 0 Å². The zero-order chi connectivity index (χ0) is 13.8. The summed E-state index contributed by atoms with van der Waals surface area (Å²) < 4.78 is 0. The molecule has 2 nitrogen and oxygen atoms in total. The maximum atomic E-state index is 6.43. The largest absolute Gasteiger partial charge is 0.374 e. The second-order valence-electron chi connectivity index (χ2n) is 5.71. The molecule has 0 amide bonds. The Labute approximate surface area is 122 Å². The normalized spacial score (nSPS) is 16.4. The highest BCUT2D eigenvalue weighted by Gasteiger charge is 2.23. The molecule has 1 fully saturated rings. The monoisotopic (exact) mass is 280 g/mol. The van der Waals surface area contributed by atoms with E-state index in [1.807, 2.05) is 0 Å². The van der Waals surface area contributed by atoms with E-state index in [2.05, 4.69) is 49.3 Å². The first-order valence-corrected chi connectivity index (χ1v) is 7.73. The fourth-order valence-corrected chi connectivity index (χ4v) is 2.71. The molecule has 0 radical (unpaired) electrons. The number of nitrogens with zero attached hydrogens (tertiary/aromatic N) is 1. The van der Waals surface area contributed by atoms with Crippen molar-refractivity contribution in [3.63, 3.8) is 0 Å². The molecule has 1 N–H and O–H groups in total. The topological polar surface area (TPSA) is 15.3 Å². The van der Waals surface area contributed by atoms with E-state index in [0.717, 1.165) is 30.5 Å². The zero-order valence-corrected chi connectivity index (χ0v) is 13.0. The third-order valence-corrected chi connectivity index (χ3v) is 4.15. The molecule has 0 bridgehead atoms. The SMILES string of the molecule is CCCNC(C)c1ccc(N(C)CC2CC2)cc1Cl. The Morgan fingerprint density at radius 1 is 1.42 bits per heavy atom. The van der Waals surface area contributed by atoms with Gasteiger partial charge in [0.25, 0.3) is 0 Å². The first-order chi connectivity index (χ1) is 9.11. The lowest BCUT2D eigenvalue weighted by atomic mass is 10.1. The van der Waals surface area contributed by atoms with Crippen molar-refractivity contribution in [1.82, 2.24) is 5.32 Å². The Kier molecular flexibility index (Phi) is 5.12. The smallest absolute Gasteiger partial charge is 0.0474 e. The molecule has 0 saturated heterocycles. The minimum Gasteiger partial charge on any atom is -0.374 e. The Morgan fingerprint density at radius 3 is 2.74 bits per heavy atom. The average Bonchev–Trinajstić information content (AvgIpc) is 3.19. The van der Waals surface area contributed by atoms with E-state index < -0.39 is 0 Å². The van der Waals surface area contributed by atoms with Crippen molar-refractivity contribution in [3.8, 4) is 0 Å². The van der Waals surface area contributed by atoms with Crippen LogP contribution >= 0.6 is 11.6 Å². The molecular weight excluding hydrogens is 256 g/mol. The third kappa shape index (κ3) is 4.12. The summed E-state index contributed by atoms with van der Waals surface area (Å²) in [7, 11) is 2.16. The van der Waals surface area contributed by atoms with Gasteiger partial charge < -0.3 is 10.2 Å². The van der Waals surface area contributed by atoms with Crippen LogP contribution in [0.4, 0.5) is 5.69 Å². The minimum absolute atomic E-state index is 0.315. The summed E-state index contributed by atoms with van der Waals surface area (Å²) in [6.45, 7) is 6.53. The van der Waals surface area contributed by atoms with Crippen LogP contribution in [0.25, 0.3) is 0 Å². The molecule has 3 heteroatoms. The van der Waals surface area contributed by atoms with E-state index in [-0.39, 0.29) is 0 Å². The van der Waals surface area contributed by atoms with Crippen LogP contribution in [0.1, 0.15) is 44.7 Å². The van der Waals surface area contributed by atoms with Crippen LogP contribution < -0.4 is 10.2 Å². The first-order valence-electron chi connectivity index (χ1n) is 7.35. The van der Waals surface area contributed by atoms with Crippen molar-refractivity contribution < 1.29 is 0 Å². The number of nitrogens with one attached hydrogen (secondary N) is 1. The molecule has 0 aliphatic heterocycles. The maximum Gasteiger partial charge on any atom is 0.0474 e. The highest BCUT2D eigenvalue weighted by atomic mass is 35.5. The predicted octanol–water partition coefficient (Wildman–Crippen LogP) is 4.25. The lowest BCUT2D eigenvalue weighted by molar-refractivity contribution is 0.571. The third-order valence-electron chi connectivity index (χ3n) is 3.82. The van der Waals surface area contributed by atoms with Crippen LogP contribution in [0.3, 0.4) is 0 Å². The van der Waals surface area contributed by atoms with Gasteiger partial charge in [-0.3, -0.25) is 0 Å². The van der Waals surface area contributed by atoms with Crippen molar-refractivity contribution in [2.45, 2.75) is 39.2 Å². The standard InChI is InChI=1S/C16H25ClN2/c1-4-9-18-12(2)15-8-7-14(10-16(15)17)19(3)11-13-5-6-13/h7-8,10,12-13,18H,4-6,9,11H2,1-3H3. The van der Waals surface area contributed by atoms with Crippen LogP contribution in [0.15, 0.2) is 18.2 Å². The van der Waals surface area contributed by atoms with E-state index in [1.54, 1.807) is 0 Å². The molecule has 1 aliphatic carbocycles. The molecule has 1 unspecified atom stereocenters. The fourth-order valence-electron chi connectivity index (χ4n) is 2.37. The molecular formula is C16H25ClN2. The van der Waals surface area contributed by atoms with Crippen molar-refractivity contribution in [2.75, 3.05) is 25.0 Å². The van der Waals surface area contributed by atoms with Gasteiger partial charge >= 0.3 is 0 Å². The van der Waals surface area contributed by atoms with E-state index >= 15 is 0 Å².